The lowest BCUT2D eigenvalue weighted by Gasteiger charge is -2.09. The lowest BCUT2D eigenvalue weighted by molar-refractivity contribution is 0.102. The first-order chi connectivity index (χ1) is 14.2. The molecular weight excluding hydrogens is 422 g/mol. The van der Waals surface area contributed by atoms with Crippen molar-refractivity contribution < 1.29 is 4.79 Å². The molecular formula is C22H18ClN3OS2. The first kappa shape index (κ1) is 19.8. The van der Waals surface area contributed by atoms with Crippen molar-refractivity contribution in [2.24, 2.45) is 0 Å². The van der Waals surface area contributed by atoms with E-state index >= 15 is 0 Å². The quantitative estimate of drug-likeness (QED) is 0.349. The number of thiophene rings is 1. The van der Waals surface area contributed by atoms with Gasteiger partial charge in [-0.15, -0.1) is 23.1 Å². The zero-order valence-corrected chi connectivity index (χ0v) is 17.8. The molecule has 0 aliphatic carbocycles. The molecule has 0 aliphatic heterocycles. The molecule has 1 amide bonds. The Bertz CT molecular complexity index is 1070. The van der Waals surface area contributed by atoms with Crippen molar-refractivity contribution in [3.05, 3.63) is 99.3 Å². The molecule has 0 aliphatic rings. The van der Waals surface area contributed by atoms with E-state index in [1.54, 1.807) is 34.0 Å². The summed E-state index contributed by atoms with van der Waals surface area (Å²) >= 11 is 9.32. The normalized spacial score (nSPS) is 10.8. The SMILES string of the molecule is O=C(Nc1ccnn1Cc1cccs1)c1ccc(CSc2ccc(Cl)cc2)cc1. The molecule has 29 heavy (non-hydrogen) atoms. The van der Waals surface area contributed by atoms with Crippen LogP contribution in [0.3, 0.4) is 0 Å². The van der Waals surface area contributed by atoms with E-state index in [0.29, 0.717) is 17.9 Å². The fourth-order valence-corrected chi connectivity index (χ4v) is 4.42. The van der Waals surface area contributed by atoms with Crippen LogP contribution in [-0.4, -0.2) is 15.7 Å². The second-order valence-corrected chi connectivity index (χ2v) is 8.86. The van der Waals surface area contributed by atoms with Crippen molar-refractivity contribution in [2.75, 3.05) is 5.32 Å². The molecule has 1 N–H and O–H groups in total. The number of carbonyl (C=O) groups is 1. The van der Waals surface area contributed by atoms with Crippen molar-refractivity contribution in [1.82, 2.24) is 9.78 Å². The van der Waals surface area contributed by atoms with E-state index < -0.39 is 0 Å². The van der Waals surface area contributed by atoms with Crippen LogP contribution in [0.1, 0.15) is 20.8 Å². The Labute approximate surface area is 182 Å². The summed E-state index contributed by atoms with van der Waals surface area (Å²) < 4.78 is 1.79. The van der Waals surface area contributed by atoms with E-state index in [1.165, 1.54) is 4.88 Å². The standard InChI is InChI=1S/C22H18ClN3OS2/c23-18-7-9-19(10-8-18)29-15-16-3-5-17(6-4-16)22(27)25-21-11-12-24-26(21)14-20-2-1-13-28-20/h1-13H,14-15H2,(H,25,27). The van der Waals surface area contributed by atoms with Gasteiger partial charge >= 0.3 is 0 Å². The second kappa shape index (κ2) is 9.31. The van der Waals surface area contributed by atoms with Gasteiger partial charge in [-0.05, 0) is 53.4 Å². The van der Waals surface area contributed by atoms with Gasteiger partial charge in [0.25, 0.3) is 5.91 Å². The molecule has 0 unspecified atom stereocenters. The third kappa shape index (κ3) is 5.29. The third-order valence-corrected chi connectivity index (χ3v) is 6.48. The van der Waals surface area contributed by atoms with Gasteiger partial charge in [-0.25, -0.2) is 4.68 Å². The first-order valence-corrected chi connectivity index (χ1v) is 11.2. The van der Waals surface area contributed by atoms with Gasteiger partial charge in [0.2, 0.25) is 0 Å². The minimum absolute atomic E-state index is 0.144. The van der Waals surface area contributed by atoms with Crippen molar-refractivity contribution in [1.29, 1.82) is 0 Å². The number of rotatable bonds is 7. The van der Waals surface area contributed by atoms with Crippen LogP contribution in [0.25, 0.3) is 0 Å². The highest BCUT2D eigenvalue weighted by atomic mass is 35.5. The molecule has 2 aromatic carbocycles. The van der Waals surface area contributed by atoms with E-state index in [-0.39, 0.29) is 5.91 Å². The molecule has 146 valence electrons. The van der Waals surface area contributed by atoms with E-state index in [1.807, 2.05) is 66.0 Å². The number of thioether (sulfide) groups is 1. The molecule has 2 aromatic heterocycles. The highest BCUT2D eigenvalue weighted by molar-refractivity contribution is 7.98. The van der Waals surface area contributed by atoms with E-state index in [9.17, 15) is 4.79 Å². The number of hydrogen-bond acceptors (Lipinski definition) is 4. The van der Waals surface area contributed by atoms with Crippen molar-refractivity contribution in [3.63, 3.8) is 0 Å². The maximum atomic E-state index is 12.6. The molecule has 4 nitrogen and oxygen atoms in total. The molecule has 0 saturated carbocycles. The fraction of sp³-hybridized carbons (Fsp3) is 0.0909. The number of nitrogens with one attached hydrogen (secondary N) is 1. The Morgan fingerprint density at radius 2 is 1.86 bits per heavy atom. The van der Waals surface area contributed by atoms with Crippen LogP contribution in [0.15, 0.2) is 83.2 Å². The summed E-state index contributed by atoms with van der Waals surface area (Å²) in [5.41, 5.74) is 1.78. The van der Waals surface area contributed by atoms with Crippen LogP contribution in [0.5, 0.6) is 0 Å². The summed E-state index contributed by atoms with van der Waals surface area (Å²) in [7, 11) is 0. The average Bonchev–Trinajstić information content (AvgIpc) is 3.41. The Hall–Kier alpha value is -2.54. The van der Waals surface area contributed by atoms with Crippen LogP contribution < -0.4 is 5.32 Å². The van der Waals surface area contributed by atoms with Gasteiger partial charge < -0.3 is 5.32 Å². The van der Waals surface area contributed by atoms with Crippen LogP contribution in [0.4, 0.5) is 5.82 Å². The predicted molar refractivity (Wildman–Crippen MR) is 121 cm³/mol. The average molecular weight is 440 g/mol. The molecule has 0 saturated heterocycles. The third-order valence-electron chi connectivity index (χ3n) is 4.28. The van der Waals surface area contributed by atoms with E-state index in [4.69, 9.17) is 11.6 Å². The van der Waals surface area contributed by atoms with Gasteiger partial charge in [-0.3, -0.25) is 4.79 Å². The van der Waals surface area contributed by atoms with Crippen molar-refractivity contribution in [2.45, 2.75) is 17.2 Å². The maximum Gasteiger partial charge on any atom is 0.256 e. The lowest BCUT2D eigenvalue weighted by Crippen LogP contribution is -2.16. The Balaban J connectivity index is 1.36. The summed E-state index contributed by atoms with van der Waals surface area (Å²) in [6.45, 7) is 0.640. The highest BCUT2D eigenvalue weighted by Gasteiger charge is 2.10. The topological polar surface area (TPSA) is 46.9 Å². The largest absolute Gasteiger partial charge is 0.307 e. The zero-order valence-electron chi connectivity index (χ0n) is 15.4. The van der Waals surface area contributed by atoms with Gasteiger partial charge in [0.15, 0.2) is 0 Å². The summed E-state index contributed by atoms with van der Waals surface area (Å²) in [6, 6.07) is 21.3. The molecule has 0 bridgehead atoms. The number of anilines is 1. The molecule has 0 fully saturated rings. The second-order valence-electron chi connectivity index (χ2n) is 6.35. The maximum absolute atomic E-state index is 12.6. The number of benzene rings is 2. The number of amides is 1. The van der Waals surface area contributed by atoms with Gasteiger partial charge in [0, 0.05) is 32.2 Å². The van der Waals surface area contributed by atoms with Crippen LogP contribution >= 0.6 is 34.7 Å². The minimum Gasteiger partial charge on any atom is -0.307 e. The van der Waals surface area contributed by atoms with Crippen molar-refractivity contribution in [3.8, 4) is 0 Å². The Morgan fingerprint density at radius 3 is 2.59 bits per heavy atom. The van der Waals surface area contributed by atoms with Gasteiger partial charge in [0.05, 0.1) is 12.7 Å². The minimum atomic E-state index is -0.144. The highest BCUT2D eigenvalue weighted by Crippen LogP contribution is 2.24. The smallest absolute Gasteiger partial charge is 0.256 e. The van der Waals surface area contributed by atoms with Crippen LogP contribution in [0, 0.1) is 0 Å². The molecule has 2 heterocycles. The first-order valence-electron chi connectivity index (χ1n) is 9.00. The van der Waals surface area contributed by atoms with Crippen molar-refractivity contribution >= 4 is 46.4 Å². The van der Waals surface area contributed by atoms with Crippen LogP contribution in [0.2, 0.25) is 5.02 Å². The predicted octanol–water partition coefficient (Wildman–Crippen LogP) is 6.19. The molecule has 7 heteroatoms. The summed E-state index contributed by atoms with van der Waals surface area (Å²) in [5, 5.41) is 10.0. The molecule has 0 radical (unpaired) electrons. The monoisotopic (exact) mass is 439 g/mol. The number of carbonyl (C=O) groups excluding carboxylic acids is 1. The number of aromatic nitrogens is 2. The van der Waals surface area contributed by atoms with Gasteiger partial charge in [-0.1, -0.05) is 29.8 Å². The summed E-state index contributed by atoms with van der Waals surface area (Å²) in [4.78, 5) is 15.0. The molecule has 0 atom stereocenters. The van der Waals surface area contributed by atoms with E-state index in [2.05, 4.69) is 16.5 Å². The van der Waals surface area contributed by atoms with Gasteiger partial charge in [-0.2, -0.15) is 5.10 Å². The zero-order chi connectivity index (χ0) is 20.1. The summed E-state index contributed by atoms with van der Waals surface area (Å²) in [6.07, 6.45) is 1.69. The van der Waals surface area contributed by atoms with E-state index in [0.717, 1.165) is 21.2 Å². The Morgan fingerprint density at radius 1 is 1.07 bits per heavy atom. The number of nitrogens with zero attached hydrogens (tertiary/aromatic N) is 2. The molecule has 4 rings (SSSR count). The lowest BCUT2D eigenvalue weighted by atomic mass is 10.1. The molecule has 0 spiro atoms. The van der Waals surface area contributed by atoms with Crippen LogP contribution in [-0.2, 0) is 12.3 Å². The Kier molecular flexibility index (Phi) is 6.34. The fourth-order valence-electron chi connectivity index (χ4n) is 2.75. The number of halogens is 1. The summed E-state index contributed by atoms with van der Waals surface area (Å²) in [5.74, 6) is 1.37. The molecule has 4 aromatic rings. The number of hydrogen-bond donors (Lipinski definition) is 1. The van der Waals surface area contributed by atoms with Gasteiger partial charge in [0.1, 0.15) is 5.82 Å².